The molecule has 1 N–H and O–H groups in total. The molecule has 0 amide bonds. The molecule has 0 radical (unpaired) electrons. The molecule has 0 spiro atoms. The average Bonchev–Trinajstić information content (AvgIpc) is 2.60. The fraction of sp³-hybridized carbons (Fsp3) is 0.778. The minimum absolute atomic E-state index is 0.833. The number of hydrogen-bond donors (Lipinski definition) is 1. The molecule has 4 nitrogen and oxygen atoms in total. The highest BCUT2D eigenvalue weighted by molar-refractivity contribution is 4.91. The first-order valence-electron chi connectivity index (χ1n) is 4.96. The predicted octanol–water partition coefficient (Wildman–Crippen LogP) is 1.19. The van der Waals surface area contributed by atoms with E-state index in [2.05, 4.69) is 29.5 Å². The fourth-order valence-corrected chi connectivity index (χ4v) is 1.09. The fourth-order valence-electron chi connectivity index (χ4n) is 1.09. The first-order chi connectivity index (χ1) is 6.36. The lowest BCUT2D eigenvalue weighted by molar-refractivity contribution is 0.622. The molecule has 0 bridgehead atoms. The molecular formula is C9H18N4. The molecule has 0 aliphatic heterocycles. The van der Waals surface area contributed by atoms with Gasteiger partial charge in [-0.3, -0.25) is 4.68 Å². The topological polar surface area (TPSA) is 42.7 Å². The van der Waals surface area contributed by atoms with Crippen LogP contribution in [0.4, 0.5) is 0 Å². The molecule has 1 rings (SSSR count). The van der Waals surface area contributed by atoms with Gasteiger partial charge in [0, 0.05) is 19.3 Å². The van der Waals surface area contributed by atoms with Crippen LogP contribution in [0.15, 0.2) is 6.20 Å². The van der Waals surface area contributed by atoms with Crippen molar-refractivity contribution in [1.82, 2.24) is 20.3 Å². The van der Waals surface area contributed by atoms with E-state index in [9.17, 15) is 0 Å². The zero-order valence-corrected chi connectivity index (χ0v) is 8.45. The van der Waals surface area contributed by atoms with Crippen molar-refractivity contribution in [3.8, 4) is 0 Å². The number of unbranched alkanes of at least 4 members (excludes halogenated alkanes) is 1. The third-order valence-electron chi connectivity index (χ3n) is 1.92. The SMILES string of the molecule is CCCCNCc1cn(CC)nn1. The Morgan fingerprint density at radius 3 is 2.92 bits per heavy atom. The molecule has 1 aromatic heterocycles. The van der Waals surface area contributed by atoms with Crippen molar-refractivity contribution in [3.63, 3.8) is 0 Å². The van der Waals surface area contributed by atoms with Crippen LogP contribution >= 0.6 is 0 Å². The lowest BCUT2D eigenvalue weighted by atomic mass is 10.3. The van der Waals surface area contributed by atoms with Crippen molar-refractivity contribution in [2.45, 2.75) is 39.8 Å². The zero-order valence-electron chi connectivity index (χ0n) is 8.45. The molecule has 1 aromatic rings. The van der Waals surface area contributed by atoms with E-state index in [1.54, 1.807) is 0 Å². The van der Waals surface area contributed by atoms with Crippen LogP contribution in [0.2, 0.25) is 0 Å². The second kappa shape index (κ2) is 5.70. The second-order valence-electron chi connectivity index (χ2n) is 3.10. The van der Waals surface area contributed by atoms with Gasteiger partial charge in [-0.05, 0) is 19.9 Å². The summed E-state index contributed by atoms with van der Waals surface area (Å²) in [4.78, 5) is 0. The van der Waals surface area contributed by atoms with Gasteiger partial charge in [0.25, 0.3) is 0 Å². The van der Waals surface area contributed by atoms with Crippen molar-refractivity contribution >= 4 is 0 Å². The first kappa shape index (κ1) is 10.2. The number of nitrogens with one attached hydrogen (secondary N) is 1. The summed E-state index contributed by atoms with van der Waals surface area (Å²) in [6.07, 6.45) is 4.44. The van der Waals surface area contributed by atoms with Crippen molar-refractivity contribution in [2.24, 2.45) is 0 Å². The van der Waals surface area contributed by atoms with E-state index in [4.69, 9.17) is 0 Å². The smallest absolute Gasteiger partial charge is 0.0964 e. The van der Waals surface area contributed by atoms with Gasteiger partial charge < -0.3 is 5.32 Å². The summed E-state index contributed by atoms with van der Waals surface area (Å²) in [5.41, 5.74) is 1.03. The van der Waals surface area contributed by atoms with Crippen LogP contribution < -0.4 is 5.32 Å². The molecule has 0 saturated heterocycles. The van der Waals surface area contributed by atoms with Gasteiger partial charge in [0.05, 0.1) is 5.69 Å². The molecule has 0 aliphatic rings. The molecule has 0 saturated carbocycles. The number of aromatic nitrogens is 3. The molecule has 0 aliphatic carbocycles. The Bertz CT molecular complexity index is 231. The van der Waals surface area contributed by atoms with Crippen LogP contribution in [0.1, 0.15) is 32.4 Å². The minimum atomic E-state index is 0.833. The molecule has 0 unspecified atom stereocenters. The lowest BCUT2D eigenvalue weighted by Gasteiger charge is -1.98. The van der Waals surface area contributed by atoms with E-state index in [-0.39, 0.29) is 0 Å². The lowest BCUT2D eigenvalue weighted by Crippen LogP contribution is -2.14. The van der Waals surface area contributed by atoms with E-state index >= 15 is 0 Å². The number of rotatable bonds is 6. The molecule has 1 heterocycles. The molecule has 74 valence electrons. The van der Waals surface area contributed by atoms with Crippen molar-refractivity contribution in [1.29, 1.82) is 0 Å². The van der Waals surface area contributed by atoms with Gasteiger partial charge in [0.2, 0.25) is 0 Å². The molecular weight excluding hydrogens is 164 g/mol. The van der Waals surface area contributed by atoms with Gasteiger partial charge in [-0.2, -0.15) is 0 Å². The molecule has 0 atom stereocenters. The summed E-state index contributed by atoms with van der Waals surface area (Å²) in [5.74, 6) is 0. The maximum atomic E-state index is 4.04. The Balaban J connectivity index is 2.20. The number of nitrogens with zero attached hydrogens (tertiary/aromatic N) is 3. The number of aryl methyl sites for hydroxylation is 1. The van der Waals surface area contributed by atoms with Gasteiger partial charge >= 0.3 is 0 Å². The Hall–Kier alpha value is -0.900. The van der Waals surface area contributed by atoms with E-state index in [0.29, 0.717) is 0 Å². The standard InChI is InChI=1S/C9H18N4/c1-3-5-6-10-7-9-8-13(4-2)12-11-9/h8,10H,3-7H2,1-2H3. The van der Waals surface area contributed by atoms with E-state index in [1.807, 2.05) is 10.9 Å². The summed E-state index contributed by atoms with van der Waals surface area (Å²) >= 11 is 0. The van der Waals surface area contributed by atoms with Crippen molar-refractivity contribution in [2.75, 3.05) is 6.54 Å². The monoisotopic (exact) mass is 182 g/mol. The molecule has 4 heteroatoms. The van der Waals surface area contributed by atoms with Crippen LogP contribution in [0.3, 0.4) is 0 Å². The highest BCUT2D eigenvalue weighted by Crippen LogP contribution is 1.92. The first-order valence-corrected chi connectivity index (χ1v) is 4.96. The largest absolute Gasteiger partial charge is 0.311 e. The Kier molecular flexibility index (Phi) is 4.46. The van der Waals surface area contributed by atoms with Crippen LogP contribution in [0.25, 0.3) is 0 Å². The molecule has 0 aromatic carbocycles. The van der Waals surface area contributed by atoms with Gasteiger partial charge in [-0.25, -0.2) is 0 Å². The van der Waals surface area contributed by atoms with Crippen LogP contribution in [-0.4, -0.2) is 21.5 Å². The molecule has 0 fully saturated rings. The normalized spacial score (nSPS) is 10.6. The Morgan fingerprint density at radius 1 is 1.46 bits per heavy atom. The summed E-state index contributed by atoms with van der Waals surface area (Å²) in [5, 5.41) is 11.3. The van der Waals surface area contributed by atoms with Crippen LogP contribution in [0.5, 0.6) is 0 Å². The third-order valence-corrected chi connectivity index (χ3v) is 1.92. The van der Waals surface area contributed by atoms with E-state index in [1.165, 1.54) is 12.8 Å². The summed E-state index contributed by atoms with van der Waals surface area (Å²) < 4.78 is 1.84. The summed E-state index contributed by atoms with van der Waals surface area (Å²) in [6.45, 7) is 7.04. The van der Waals surface area contributed by atoms with E-state index in [0.717, 1.165) is 25.3 Å². The summed E-state index contributed by atoms with van der Waals surface area (Å²) in [7, 11) is 0. The third kappa shape index (κ3) is 3.55. The van der Waals surface area contributed by atoms with Crippen molar-refractivity contribution < 1.29 is 0 Å². The van der Waals surface area contributed by atoms with E-state index < -0.39 is 0 Å². The minimum Gasteiger partial charge on any atom is -0.311 e. The maximum absolute atomic E-state index is 4.04. The maximum Gasteiger partial charge on any atom is 0.0964 e. The van der Waals surface area contributed by atoms with Gasteiger partial charge in [0.1, 0.15) is 0 Å². The zero-order chi connectivity index (χ0) is 9.52. The van der Waals surface area contributed by atoms with Gasteiger partial charge in [-0.1, -0.05) is 18.6 Å². The highest BCUT2D eigenvalue weighted by Gasteiger charge is 1.97. The highest BCUT2D eigenvalue weighted by atomic mass is 15.4. The van der Waals surface area contributed by atoms with Gasteiger partial charge in [-0.15, -0.1) is 5.10 Å². The van der Waals surface area contributed by atoms with Crippen LogP contribution in [-0.2, 0) is 13.1 Å². The second-order valence-corrected chi connectivity index (χ2v) is 3.10. The van der Waals surface area contributed by atoms with Gasteiger partial charge in [0.15, 0.2) is 0 Å². The summed E-state index contributed by atoms with van der Waals surface area (Å²) in [6, 6.07) is 0. The average molecular weight is 182 g/mol. The number of hydrogen-bond acceptors (Lipinski definition) is 3. The quantitative estimate of drug-likeness (QED) is 0.672. The Labute approximate surface area is 79.3 Å². The predicted molar refractivity (Wildman–Crippen MR) is 52.3 cm³/mol. The molecule has 13 heavy (non-hydrogen) atoms. The van der Waals surface area contributed by atoms with Crippen LogP contribution in [0, 0.1) is 0 Å². The Morgan fingerprint density at radius 2 is 2.31 bits per heavy atom. The van der Waals surface area contributed by atoms with Crippen molar-refractivity contribution in [3.05, 3.63) is 11.9 Å².